The molecule has 1 fully saturated rings. The molecule has 0 aliphatic heterocycles. The highest BCUT2D eigenvalue weighted by Crippen LogP contribution is 2.19. The number of aromatic nitrogens is 2. The molecular weight excluding hydrogens is 210 g/mol. The van der Waals surface area contributed by atoms with E-state index in [1.165, 1.54) is 24.0 Å². The van der Waals surface area contributed by atoms with Crippen LogP contribution in [-0.2, 0) is 13.1 Å². The molecule has 3 nitrogen and oxygen atoms in total. The molecule has 0 unspecified atom stereocenters. The second-order valence-corrected chi connectivity index (χ2v) is 4.71. The molecule has 1 aliphatic rings. The van der Waals surface area contributed by atoms with Gasteiger partial charge in [0.15, 0.2) is 0 Å². The summed E-state index contributed by atoms with van der Waals surface area (Å²) in [5, 5.41) is 3.52. The average molecular weight is 227 g/mol. The van der Waals surface area contributed by atoms with Gasteiger partial charge in [-0.15, -0.1) is 0 Å². The summed E-state index contributed by atoms with van der Waals surface area (Å²) in [6.45, 7) is 1.90. The van der Waals surface area contributed by atoms with Gasteiger partial charge in [0.25, 0.3) is 0 Å². The summed E-state index contributed by atoms with van der Waals surface area (Å²) in [6.07, 6.45) is 8.34. The monoisotopic (exact) mass is 227 g/mol. The van der Waals surface area contributed by atoms with E-state index in [9.17, 15) is 0 Å². The Kier molecular flexibility index (Phi) is 2.92. The molecule has 17 heavy (non-hydrogen) atoms. The van der Waals surface area contributed by atoms with Crippen LogP contribution in [0.2, 0.25) is 0 Å². The highest BCUT2D eigenvalue weighted by molar-refractivity contribution is 5.22. The maximum atomic E-state index is 4.04. The lowest BCUT2D eigenvalue weighted by Gasteiger charge is -2.06. The summed E-state index contributed by atoms with van der Waals surface area (Å²) in [4.78, 5) is 4.04. The Bertz CT molecular complexity index is 455. The first-order chi connectivity index (χ1) is 8.40. The number of benzene rings is 1. The van der Waals surface area contributed by atoms with E-state index in [0.29, 0.717) is 0 Å². The van der Waals surface area contributed by atoms with E-state index < -0.39 is 0 Å². The highest BCUT2D eigenvalue weighted by Gasteiger charge is 2.19. The standard InChI is InChI=1S/C14H17N3/c1-3-13(10-17-8-7-15-11-17)4-2-12(1)9-16-14-5-6-14/h1-4,7-8,11,14,16H,5-6,9-10H2. The maximum Gasteiger partial charge on any atom is 0.0949 e. The number of rotatable bonds is 5. The Morgan fingerprint density at radius 2 is 1.94 bits per heavy atom. The highest BCUT2D eigenvalue weighted by atomic mass is 15.0. The van der Waals surface area contributed by atoms with Crippen molar-refractivity contribution >= 4 is 0 Å². The summed E-state index contributed by atoms with van der Waals surface area (Å²) in [5.74, 6) is 0. The number of hydrogen-bond acceptors (Lipinski definition) is 2. The first-order valence-electron chi connectivity index (χ1n) is 6.17. The van der Waals surface area contributed by atoms with Gasteiger partial charge in [-0.1, -0.05) is 24.3 Å². The molecule has 1 heterocycles. The molecule has 3 heteroatoms. The summed E-state index contributed by atoms with van der Waals surface area (Å²) >= 11 is 0. The molecular formula is C14H17N3. The molecule has 1 aromatic heterocycles. The molecule has 0 amide bonds. The summed E-state index contributed by atoms with van der Waals surface area (Å²) in [6, 6.07) is 9.59. The van der Waals surface area contributed by atoms with E-state index in [4.69, 9.17) is 0 Å². The van der Waals surface area contributed by atoms with Crippen molar-refractivity contribution in [1.29, 1.82) is 0 Å². The molecule has 3 rings (SSSR count). The van der Waals surface area contributed by atoms with Crippen molar-refractivity contribution in [3.63, 3.8) is 0 Å². The van der Waals surface area contributed by atoms with E-state index >= 15 is 0 Å². The van der Waals surface area contributed by atoms with Crippen molar-refractivity contribution in [3.05, 3.63) is 54.1 Å². The van der Waals surface area contributed by atoms with Crippen LogP contribution in [-0.4, -0.2) is 15.6 Å². The Morgan fingerprint density at radius 3 is 2.59 bits per heavy atom. The van der Waals surface area contributed by atoms with Gasteiger partial charge in [-0.2, -0.15) is 0 Å². The number of imidazole rings is 1. The van der Waals surface area contributed by atoms with Gasteiger partial charge in [-0.3, -0.25) is 0 Å². The molecule has 1 saturated carbocycles. The lowest BCUT2D eigenvalue weighted by molar-refractivity contribution is 0.687. The number of nitrogens with one attached hydrogen (secondary N) is 1. The van der Waals surface area contributed by atoms with Gasteiger partial charge >= 0.3 is 0 Å². The quantitative estimate of drug-likeness (QED) is 0.848. The van der Waals surface area contributed by atoms with Crippen molar-refractivity contribution in [2.75, 3.05) is 0 Å². The van der Waals surface area contributed by atoms with Crippen LogP contribution in [0.3, 0.4) is 0 Å². The van der Waals surface area contributed by atoms with Crippen LogP contribution in [0, 0.1) is 0 Å². The lowest BCUT2D eigenvalue weighted by atomic mass is 10.1. The third-order valence-electron chi connectivity index (χ3n) is 3.12. The van der Waals surface area contributed by atoms with Gasteiger partial charge in [0.1, 0.15) is 0 Å². The zero-order valence-corrected chi connectivity index (χ0v) is 9.84. The third-order valence-corrected chi connectivity index (χ3v) is 3.12. The van der Waals surface area contributed by atoms with Gasteiger partial charge < -0.3 is 9.88 Å². The fraction of sp³-hybridized carbons (Fsp3) is 0.357. The van der Waals surface area contributed by atoms with Gasteiger partial charge in [0.2, 0.25) is 0 Å². The Balaban J connectivity index is 1.58. The van der Waals surface area contributed by atoms with Crippen molar-refractivity contribution in [3.8, 4) is 0 Å². The van der Waals surface area contributed by atoms with E-state index in [1.807, 2.05) is 18.7 Å². The van der Waals surface area contributed by atoms with Crippen LogP contribution in [0.25, 0.3) is 0 Å². The Hall–Kier alpha value is -1.61. The molecule has 0 radical (unpaired) electrons. The molecule has 0 saturated heterocycles. The second-order valence-electron chi connectivity index (χ2n) is 4.71. The van der Waals surface area contributed by atoms with Crippen molar-refractivity contribution in [2.45, 2.75) is 32.0 Å². The van der Waals surface area contributed by atoms with Gasteiger partial charge in [-0.25, -0.2) is 4.98 Å². The topological polar surface area (TPSA) is 29.9 Å². The van der Waals surface area contributed by atoms with E-state index in [-0.39, 0.29) is 0 Å². The smallest absolute Gasteiger partial charge is 0.0949 e. The molecule has 1 N–H and O–H groups in total. The van der Waals surface area contributed by atoms with Crippen LogP contribution in [0.15, 0.2) is 43.0 Å². The fourth-order valence-electron chi connectivity index (χ4n) is 1.90. The summed E-state index contributed by atoms with van der Waals surface area (Å²) < 4.78 is 2.08. The Morgan fingerprint density at radius 1 is 1.18 bits per heavy atom. The van der Waals surface area contributed by atoms with Crippen LogP contribution in [0.1, 0.15) is 24.0 Å². The SMILES string of the molecule is c1cn(Cc2ccc(CNC3CC3)cc2)cn1. The van der Waals surface area contributed by atoms with Gasteiger partial charge in [0.05, 0.1) is 6.33 Å². The average Bonchev–Trinajstić information content (AvgIpc) is 3.05. The predicted molar refractivity (Wildman–Crippen MR) is 67.6 cm³/mol. The first kappa shape index (κ1) is 10.5. The third kappa shape index (κ3) is 2.94. The van der Waals surface area contributed by atoms with Crippen molar-refractivity contribution in [2.24, 2.45) is 0 Å². The van der Waals surface area contributed by atoms with Crippen molar-refractivity contribution in [1.82, 2.24) is 14.9 Å². The Labute approximate surface area is 101 Å². The number of hydrogen-bond donors (Lipinski definition) is 1. The van der Waals surface area contributed by atoms with Crippen LogP contribution >= 0.6 is 0 Å². The predicted octanol–water partition coefficient (Wildman–Crippen LogP) is 2.18. The molecule has 1 aliphatic carbocycles. The number of nitrogens with zero attached hydrogens (tertiary/aromatic N) is 2. The van der Waals surface area contributed by atoms with E-state index in [0.717, 1.165) is 19.1 Å². The second kappa shape index (κ2) is 4.72. The van der Waals surface area contributed by atoms with Crippen LogP contribution in [0.4, 0.5) is 0 Å². The maximum absolute atomic E-state index is 4.04. The fourth-order valence-corrected chi connectivity index (χ4v) is 1.90. The summed E-state index contributed by atoms with van der Waals surface area (Å²) in [7, 11) is 0. The van der Waals surface area contributed by atoms with Crippen LogP contribution < -0.4 is 5.32 Å². The van der Waals surface area contributed by atoms with E-state index in [2.05, 4.69) is 39.1 Å². The van der Waals surface area contributed by atoms with Gasteiger partial charge in [0, 0.05) is 31.5 Å². The minimum atomic E-state index is 0.778. The summed E-state index contributed by atoms with van der Waals surface area (Å²) in [5.41, 5.74) is 2.68. The molecule has 0 bridgehead atoms. The minimum absolute atomic E-state index is 0.778. The zero-order valence-electron chi connectivity index (χ0n) is 9.84. The molecule has 0 atom stereocenters. The molecule has 2 aromatic rings. The molecule has 1 aromatic carbocycles. The molecule has 0 spiro atoms. The molecule has 88 valence electrons. The largest absolute Gasteiger partial charge is 0.333 e. The van der Waals surface area contributed by atoms with Crippen molar-refractivity contribution < 1.29 is 0 Å². The first-order valence-corrected chi connectivity index (χ1v) is 6.17. The van der Waals surface area contributed by atoms with Crippen LogP contribution in [0.5, 0.6) is 0 Å². The van der Waals surface area contributed by atoms with Gasteiger partial charge in [-0.05, 0) is 24.0 Å². The normalized spacial score (nSPS) is 15.1. The minimum Gasteiger partial charge on any atom is -0.333 e. The lowest BCUT2D eigenvalue weighted by Crippen LogP contribution is -2.15. The zero-order chi connectivity index (χ0) is 11.5. The van der Waals surface area contributed by atoms with E-state index in [1.54, 1.807) is 0 Å².